The maximum absolute atomic E-state index is 16.3. The number of carbonyl (C=O) groups is 7. The number of alkyl halides is 6. The highest BCUT2D eigenvalue weighted by atomic mass is 35.6. The Hall–Kier alpha value is -4.53. The van der Waals surface area contributed by atoms with Gasteiger partial charge in [0.15, 0.2) is 17.5 Å². The molecule has 3 fully saturated rings. The number of alkyl carbamates (subject to hydrolysis) is 1. The molecular formula is C50H55Cl6NO17. The second-order valence-corrected chi connectivity index (χ2v) is 25.1. The Kier molecular flexibility index (Phi) is 17.3. The first-order valence-electron chi connectivity index (χ1n) is 22.9. The van der Waals surface area contributed by atoms with Crippen molar-refractivity contribution < 1.29 is 81.3 Å². The first kappa shape index (κ1) is 58.7. The molecule has 1 amide bonds. The van der Waals surface area contributed by atoms with Gasteiger partial charge in [0.25, 0.3) is 0 Å². The number of hydrogen-bond acceptors (Lipinski definition) is 17. The van der Waals surface area contributed by atoms with Crippen molar-refractivity contribution in [2.24, 2.45) is 16.7 Å². The number of carbonyl (C=O) groups excluding carboxylic acids is 7. The van der Waals surface area contributed by atoms with Gasteiger partial charge in [-0.2, -0.15) is 0 Å². The van der Waals surface area contributed by atoms with Gasteiger partial charge in [-0.15, -0.1) is 0 Å². The molecule has 3 aliphatic carbocycles. The molecule has 2 bridgehead atoms. The molecule has 74 heavy (non-hydrogen) atoms. The summed E-state index contributed by atoms with van der Waals surface area (Å²) >= 11 is 35.4. The largest absolute Gasteiger partial charge is 0.509 e. The van der Waals surface area contributed by atoms with E-state index in [-0.39, 0.29) is 22.3 Å². The smallest absolute Gasteiger partial charge is 0.455 e. The van der Waals surface area contributed by atoms with E-state index in [0.717, 1.165) is 6.92 Å². The molecule has 2 saturated carbocycles. The van der Waals surface area contributed by atoms with Crippen molar-refractivity contribution in [1.82, 2.24) is 5.32 Å². The lowest BCUT2D eigenvalue weighted by Crippen LogP contribution is -2.82. The van der Waals surface area contributed by atoms with Crippen molar-refractivity contribution in [2.75, 3.05) is 19.8 Å². The molecule has 0 aromatic heterocycles. The maximum atomic E-state index is 16.3. The van der Waals surface area contributed by atoms with Gasteiger partial charge in [0.2, 0.25) is 7.59 Å². The highest BCUT2D eigenvalue weighted by Gasteiger charge is 2.79. The molecule has 6 rings (SSSR count). The summed E-state index contributed by atoms with van der Waals surface area (Å²) in [5.41, 5.74) is -10.0. The first-order valence-corrected chi connectivity index (χ1v) is 25.2. The van der Waals surface area contributed by atoms with E-state index < -0.39 is 152 Å². The lowest BCUT2D eigenvalue weighted by atomic mass is 9.44. The third kappa shape index (κ3) is 12.3. The Labute approximate surface area is 456 Å². The Bertz CT molecular complexity index is 2560. The van der Waals surface area contributed by atoms with Gasteiger partial charge in [-0.3, -0.25) is 9.59 Å². The second kappa shape index (κ2) is 21.8. The number of nitrogens with one attached hydrogen (secondary N) is 1. The van der Waals surface area contributed by atoms with Gasteiger partial charge in [-0.1, -0.05) is 139 Å². The minimum atomic E-state index is -2.60. The molecule has 1 aliphatic heterocycles. The molecule has 10 atom stereocenters. The van der Waals surface area contributed by atoms with Crippen molar-refractivity contribution in [2.45, 2.75) is 129 Å². The number of fused-ring (bicyclic) bond motifs is 5. The summed E-state index contributed by atoms with van der Waals surface area (Å²) in [6, 6.07) is 14.6. The topological polar surface area (TPSA) is 235 Å². The SMILES string of the molecule is C=C(C(=O)O[C@H]1C[C@@]2(O)[C@@H](OC(=O)c3ccccc3)[C@@H]3[C@]4(OC(C)=O)CO[C@@H]4C[C@H](OC(=O)OCC(Cl)(Cl)Cl)[C@@]3(C)C(=O)[C@H](OC(=O)OCC(Cl)(Cl)Cl)C(=C1C)C2(C)C)[C@@H](NC(=O)OC(C)(C)C)c1ccccc1. The summed E-state index contributed by atoms with van der Waals surface area (Å²) in [6.45, 7) is 13.4. The van der Waals surface area contributed by atoms with Crippen molar-refractivity contribution in [3.8, 4) is 0 Å². The number of benzene rings is 2. The number of ether oxygens (including phenoxy) is 9. The Balaban J connectivity index is 1.61. The fourth-order valence-electron chi connectivity index (χ4n) is 10.3. The fourth-order valence-corrected chi connectivity index (χ4v) is 10.7. The Morgan fingerprint density at radius 1 is 0.838 bits per heavy atom. The summed E-state index contributed by atoms with van der Waals surface area (Å²) < 4.78 is 48.3. The minimum absolute atomic E-state index is 0.0230. The van der Waals surface area contributed by atoms with E-state index in [4.69, 9.17) is 112 Å². The van der Waals surface area contributed by atoms with E-state index in [1.54, 1.807) is 69.3 Å². The third-order valence-corrected chi connectivity index (χ3v) is 14.3. The van der Waals surface area contributed by atoms with Crippen LogP contribution in [0.25, 0.3) is 0 Å². The van der Waals surface area contributed by atoms with E-state index in [1.165, 1.54) is 39.8 Å². The lowest BCUT2D eigenvalue weighted by Gasteiger charge is -2.67. The van der Waals surface area contributed by atoms with E-state index in [1.807, 2.05) is 0 Å². The molecule has 1 saturated heterocycles. The molecule has 18 nitrogen and oxygen atoms in total. The number of Topliss-reactive ketones (excluding diaryl/α,β-unsaturated/α-hetero) is 1. The zero-order chi connectivity index (χ0) is 55.1. The number of hydrogen-bond donors (Lipinski definition) is 2. The summed E-state index contributed by atoms with van der Waals surface area (Å²) in [4.78, 5) is 99.8. The van der Waals surface area contributed by atoms with Crippen LogP contribution in [0.4, 0.5) is 14.4 Å². The monoisotopic (exact) mass is 1150 g/mol. The highest BCUT2D eigenvalue weighted by molar-refractivity contribution is 6.68. The number of ketones is 1. The molecule has 2 aromatic rings. The highest BCUT2D eigenvalue weighted by Crippen LogP contribution is 2.65. The van der Waals surface area contributed by atoms with Gasteiger partial charge in [0.1, 0.15) is 48.8 Å². The molecule has 24 heteroatoms. The third-order valence-electron chi connectivity index (χ3n) is 13.7. The van der Waals surface area contributed by atoms with Crippen molar-refractivity contribution in [3.05, 3.63) is 95.1 Å². The van der Waals surface area contributed by atoms with Crippen LogP contribution in [0.5, 0.6) is 0 Å². The van der Waals surface area contributed by atoms with Crippen LogP contribution in [-0.2, 0) is 57.0 Å². The number of aliphatic hydroxyl groups is 1. The van der Waals surface area contributed by atoms with Crippen LogP contribution < -0.4 is 5.32 Å². The van der Waals surface area contributed by atoms with Crippen LogP contribution in [0.2, 0.25) is 0 Å². The molecule has 4 aliphatic rings. The predicted molar refractivity (Wildman–Crippen MR) is 268 cm³/mol. The van der Waals surface area contributed by atoms with Gasteiger partial charge >= 0.3 is 36.3 Å². The van der Waals surface area contributed by atoms with Crippen LogP contribution in [-0.4, -0.2) is 122 Å². The van der Waals surface area contributed by atoms with Crippen LogP contribution in [0.3, 0.4) is 0 Å². The van der Waals surface area contributed by atoms with Gasteiger partial charge in [0, 0.05) is 25.2 Å². The van der Waals surface area contributed by atoms with Crippen molar-refractivity contribution >= 4 is 112 Å². The lowest BCUT2D eigenvalue weighted by molar-refractivity contribution is -0.346. The second-order valence-electron chi connectivity index (χ2n) is 20.1. The predicted octanol–water partition coefficient (Wildman–Crippen LogP) is 9.52. The molecule has 0 radical (unpaired) electrons. The van der Waals surface area contributed by atoms with E-state index >= 15 is 4.79 Å². The molecule has 404 valence electrons. The Morgan fingerprint density at radius 2 is 1.39 bits per heavy atom. The molecule has 2 N–H and O–H groups in total. The van der Waals surface area contributed by atoms with Crippen LogP contribution >= 0.6 is 69.6 Å². The van der Waals surface area contributed by atoms with Crippen molar-refractivity contribution in [1.29, 1.82) is 0 Å². The number of rotatable bonds is 12. The molecular weight excluding hydrogens is 1100 g/mol. The van der Waals surface area contributed by atoms with Crippen LogP contribution in [0.1, 0.15) is 90.2 Å². The van der Waals surface area contributed by atoms with Gasteiger partial charge in [0.05, 0.1) is 35.1 Å². The molecule has 2 aromatic carbocycles. The first-order chi connectivity index (χ1) is 34.1. The standard InChI is InChI=1S/C50H55Cl6NO17/c1-25-30(69-39(60)26(2)34(28-16-12-10-13-17-28)57-41(62)74-44(4,5)6)21-48(65)38(72-40(61)29-18-14-11-15-19-29)36-46(9,37(59)35(33(25)45(48,7)8)71-43(64)68-24-50(54,55)56)31(70-42(63)67-23-49(51,52)53)20-32-47(36,22-66-32)73-27(3)58/h10-19,30-32,34-36,38,65H,2,20-24H2,1,3-9H3,(H,57,62)/t30-,31-,32+,34+,35+,36-,38-,46+,47-,48+/m0/s1. The number of esters is 3. The number of amides is 1. The summed E-state index contributed by atoms with van der Waals surface area (Å²) in [5.74, 6) is -6.02. The summed E-state index contributed by atoms with van der Waals surface area (Å²) in [7, 11) is 0. The maximum Gasteiger partial charge on any atom is 0.509 e. The molecule has 0 spiro atoms. The minimum Gasteiger partial charge on any atom is -0.455 e. The average molecular weight is 1150 g/mol. The zero-order valence-corrected chi connectivity index (χ0v) is 45.8. The van der Waals surface area contributed by atoms with E-state index in [9.17, 15) is 33.9 Å². The van der Waals surface area contributed by atoms with Crippen LogP contribution in [0, 0.1) is 16.7 Å². The summed E-state index contributed by atoms with van der Waals surface area (Å²) in [5, 5.41) is 16.7. The van der Waals surface area contributed by atoms with Gasteiger partial charge in [-0.25, -0.2) is 24.0 Å². The van der Waals surface area contributed by atoms with E-state index in [2.05, 4.69) is 11.9 Å². The van der Waals surface area contributed by atoms with Gasteiger partial charge < -0.3 is 53.1 Å². The Morgan fingerprint density at radius 3 is 1.91 bits per heavy atom. The average Bonchev–Trinajstić information content (AvgIpc) is 3.29. The quantitative estimate of drug-likeness (QED) is 0.0662. The van der Waals surface area contributed by atoms with Crippen LogP contribution in [0.15, 0.2) is 84.0 Å². The van der Waals surface area contributed by atoms with Crippen molar-refractivity contribution in [3.63, 3.8) is 0 Å². The summed E-state index contributed by atoms with van der Waals surface area (Å²) in [6.07, 6.45) is -13.9. The fraction of sp³-hybridized carbons (Fsp3) is 0.540. The number of halogens is 6. The van der Waals surface area contributed by atoms with Gasteiger partial charge in [-0.05, 0) is 63.5 Å². The zero-order valence-electron chi connectivity index (χ0n) is 41.3. The molecule has 1 heterocycles. The molecule has 0 unspecified atom stereocenters. The normalized spacial score (nSPS) is 28.7. The van der Waals surface area contributed by atoms with E-state index in [0.29, 0.717) is 5.56 Å².